The number of anilines is 1. The van der Waals surface area contributed by atoms with Crippen LogP contribution in [0, 0.1) is 0 Å². The molecule has 0 radical (unpaired) electrons. The summed E-state index contributed by atoms with van der Waals surface area (Å²) in [6.45, 7) is 0. The average Bonchev–Trinajstić information content (AvgIpc) is 2.96. The third-order valence-corrected chi connectivity index (χ3v) is 6.26. The number of hydrogen-bond acceptors (Lipinski definition) is 8. The molecule has 2 aliphatic heterocycles. The summed E-state index contributed by atoms with van der Waals surface area (Å²) in [7, 11) is 3.38. The van der Waals surface area contributed by atoms with Gasteiger partial charge < -0.3 is 19.9 Å². The van der Waals surface area contributed by atoms with E-state index in [0.29, 0.717) is 29.7 Å². The largest absolute Gasteiger partial charge is 0.507 e. The van der Waals surface area contributed by atoms with Gasteiger partial charge in [-0.25, -0.2) is 18.7 Å². The smallest absolute Gasteiger partial charge is 0.264 e. The SMILES string of the molecule is CN(c1cnc(-c2cc3ncn(C)c(=O)c3cc2O)nn1)C1CC2CC(F)(F)C(C1)N2. The van der Waals surface area contributed by atoms with Crippen LogP contribution in [0.15, 0.2) is 29.5 Å². The van der Waals surface area contributed by atoms with E-state index >= 15 is 0 Å². The van der Waals surface area contributed by atoms with E-state index in [4.69, 9.17) is 0 Å². The van der Waals surface area contributed by atoms with Gasteiger partial charge in [0.25, 0.3) is 11.5 Å². The average molecular weight is 429 g/mol. The lowest BCUT2D eigenvalue weighted by Crippen LogP contribution is -2.50. The van der Waals surface area contributed by atoms with Crippen LogP contribution in [-0.2, 0) is 7.05 Å². The van der Waals surface area contributed by atoms with Crippen LogP contribution in [0.4, 0.5) is 14.6 Å². The Kier molecular flexibility index (Phi) is 4.40. The molecule has 3 atom stereocenters. The molecule has 0 saturated carbocycles. The molecule has 31 heavy (non-hydrogen) atoms. The second kappa shape index (κ2) is 6.91. The van der Waals surface area contributed by atoms with E-state index in [9.17, 15) is 18.7 Å². The number of piperidine rings is 1. The van der Waals surface area contributed by atoms with E-state index in [0.717, 1.165) is 0 Å². The van der Waals surface area contributed by atoms with Gasteiger partial charge in [0.2, 0.25) is 0 Å². The number of alkyl halides is 2. The number of phenolic OH excluding ortho intramolecular Hbond substituents is 1. The summed E-state index contributed by atoms with van der Waals surface area (Å²) in [4.78, 5) is 22.5. The monoisotopic (exact) mass is 429 g/mol. The fraction of sp³-hybridized carbons (Fsp3) is 0.450. The maximum atomic E-state index is 14.0. The number of rotatable bonds is 3. The summed E-state index contributed by atoms with van der Waals surface area (Å²) in [6, 6.07) is 1.75. The van der Waals surface area contributed by atoms with E-state index in [2.05, 4.69) is 25.5 Å². The summed E-state index contributed by atoms with van der Waals surface area (Å²) in [6.07, 6.45) is 3.68. The van der Waals surface area contributed by atoms with Gasteiger partial charge in [0.15, 0.2) is 11.6 Å². The van der Waals surface area contributed by atoms with Crippen LogP contribution < -0.4 is 15.8 Å². The van der Waals surface area contributed by atoms with Gasteiger partial charge in [0.1, 0.15) is 5.75 Å². The molecule has 3 unspecified atom stereocenters. The van der Waals surface area contributed by atoms with Crippen LogP contribution in [0.3, 0.4) is 0 Å². The number of fused-ring (bicyclic) bond motifs is 3. The van der Waals surface area contributed by atoms with Gasteiger partial charge in [-0.1, -0.05) is 0 Å². The summed E-state index contributed by atoms with van der Waals surface area (Å²) >= 11 is 0. The van der Waals surface area contributed by atoms with Crippen LogP contribution in [0.1, 0.15) is 19.3 Å². The highest BCUT2D eigenvalue weighted by atomic mass is 19.3. The van der Waals surface area contributed by atoms with E-state index in [1.807, 2.05) is 4.90 Å². The molecule has 2 aromatic heterocycles. The number of aromatic nitrogens is 5. The number of hydrogen-bond donors (Lipinski definition) is 2. The Balaban J connectivity index is 1.41. The van der Waals surface area contributed by atoms with E-state index in [1.165, 1.54) is 23.2 Å². The molecule has 9 nitrogen and oxygen atoms in total. The van der Waals surface area contributed by atoms with E-state index in [1.54, 1.807) is 20.2 Å². The fourth-order valence-electron chi connectivity index (χ4n) is 4.51. The van der Waals surface area contributed by atoms with Gasteiger partial charge in [0, 0.05) is 32.6 Å². The molecule has 2 N–H and O–H groups in total. The van der Waals surface area contributed by atoms with Gasteiger partial charge >= 0.3 is 0 Å². The number of aryl methyl sites for hydroxylation is 1. The lowest BCUT2D eigenvalue weighted by molar-refractivity contribution is -0.0128. The molecule has 5 rings (SSSR count). The molecular weight excluding hydrogens is 408 g/mol. The molecule has 4 heterocycles. The Morgan fingerprint density at radius 2 is 2.06 bits per heavy atom. The number of phenols is 1. The first-order chi connectivity index (χ1) is 14.7. The lowest BCUT2D eigenvalue weighted by atomic mass is 9.98. The normalized spacial score (nSPS) is 24.5. The predicted molar refractivity (Wildman–Crippen MR) is 109 cm³/mol. The Hall–Kier alpha value is -3.21. The first kappa shape index (κ1) is 19.7. The molecule has 3 aromatic rings. The fourth-order valence-corrected chi connectivity index (χ4v) is 4.51. The first-order valence-electron chi connectivity index (χ1n) is 9.98. The molecule has 2 bridgehead atoms. The molecule has 162 valence electrons. The molecule has 2 aliphatic rings. The molecule has 0 spiro atoms. The topological polar surface area (TPSA) is 109 Å². The van der Waals surface area contributed by atoms with Crippen molar-refractivity contribution in [2.45, 2.75) is 43.3 Å². The first-order valence-corrected chi connectivity index (χ1v) is 9.98. The molecule has 1 aromatic carbocycles. The van der Waals surface area contributed by atoms with Crippen molar-refractivity contribution in [3.05, 3.63) is 35.0 Å². The number of halogens is 2. The quantitative estimate of drug-likeness (QED) is 0.644. The van der Waals surface area contributed by atoms with Crippen LogP contribution in [0.2, 0.25) is 0 Å². The van der Waals surface area contributed by atoms with Crippen molar-refractivity contribution < 1.29 is 13.9 Å². The van der Waals surface area contributed by atoms with Crippen molar-refractivity contribution >= 4 is 16.7 Å². The van der Waals surface area contributed by atoms with Crippen molar-refractivity contribution in [2.24, 2.45) is 7.05 Å². The van der Waals surface area contributed by atoms with E-state index < -0.39 is 12.0 Å². The lowest BCUT2D eigenvalue weighted by Gasteiger charge is -2.35. The number of nitrogens with zero attached hydrogens (tertiary/aromatic N) is 6. The zero-order valence-electron chi connectivity index (χ0n) is 17.0. The Labute approximate surface area is 175 Å². The van der Waals surface area contributed by atoms with Crippen LogP contribution in [0.5, 0.6) is 5.75 Å². The second-order valence-corrected chi connectivity index (χ2v) is 8.30. The second-order valence-electron chi connectivity index (χ2n) is 8.30. The van der Waals surface area contributed by atoms with Gasteiger partial charge in [-0.15, -0.1) is 10.2 Å². The van der Waals surface area contributed by atoms with Crippen molar-refractivity contribution in [3.63, 3.8) is 0 Å². The molecule has 0 aliphatic carbocycles. The Bertz CT molecular complexity index is 1210. The van der Waals surface area contributed by atoms with Crippen LogP contribution in [0.25, 0.3) is 22.3 Å². The van der Waals surface area contributed by atoms with Gasteiger partial charge in [-0.05, 0) is 25.0 Å². The summed E-state index contributed by atoms with van der Waals surface area (Å²) in [5.74, 6) is -2.20. The highest BCUT2D eigenvalue weighted by Gasteiger charge is 2.53. The van der Waals surface area contributed by atoms with Crippen LogP contribution >= 0.6 is 0 Å². The third-order valence-electron chi connectivity index (χ3n) is 6.26. The Morgan fingerprint density at radius 1 is 1.26 bits per heavy atom. The van der Waals surface area contributed by atoms with Crippen molar-refractivity contribution in [1.29, 1.82) is 0 Å². The van der Waals surface area contributed by atoms with Gasteiger partial charge in [-0.3, -0.25) is 4.79 Å². The standard InChI is InChI=1S/C20H21F2N7O2/c1-28-9-24-14-5-13(15(30)6-12(14)19(28)31)18-23-8-17(26-27-18)29(2)11-3-10-7-20(21,22)16(4-11)25-10/h5-6,8-11,16,25,30H,3-4,7H2,1-2H3. The number of benzene rings is 1. The molecular formula is C20H21F2N7O2. The summed E-state index contributed by atoms with van der Waals surface area (Å²) < 4.78 is 29.3. The molecule has 2 fully saturated rings. The van der Waals surface area contributed by atoms with Crippen molar-refractivity contribution in [1.82, 2.24) is 30.0 Å². The van der Waals surface area contributed by atoms with E-state index in [-0.39, 0.29) is 41.0 Å². The van der Waals surface area contributed by atoms with Crippen molar-refractivity contribution in [2.75, 3.05) is 11.9 Å². The summed E-state index contributed by atoms with van der Waals surface area (Å²) in [5.41, 5.74) is 0.436. The van der Waals surface area contributed by atoms with Gasteiger partial charge in [-0.2, -0.15) is 0 Å². The highest BCUT2D eigenvalue weighted by Crippen LogP contribution is 2.40. The minimum absolute atomic E-state index is 0.0962. The minimum Gasteiger partial charge on any atom is -0.507 e. The number of aromatic hydroxyl groups is 1. The highest BCUT2D eigenvalue weighted by molar-refractivity contribution is 5.85. The third kappa shape index (κ3) is 3.29. The van der Waals surface area contributed by atoms with Gasteiger partial charge in [0.05, 0.1) is 35.0 Å². The zero-order chi connectivity index (χ0) is 21.9. The maximum absolute atomic E-state index is 14.0. The molecule has 2 saturated heterocycles. The predicted octanol–water partition coefficient (Wildman–Crippen LogP) is 1.46. The number of nitrogens with one attached hydrogen (secondary N) is 1. The van der Waals surface area contributed by atoms with Crippen molar-refractivity contribution in [3.8, 4) is 17.1 Å². The minimum atomic E-state index is -2.68. The maximum Gasteiger partial charge on any atom is 0.264 e. The van der Waals surface area contributed by atoms with Crippen LogP contribution in [-0.4, -0.2) is 60.9 Å². The molecule has 11 heteroatoms. The Morgan fingerprint density at radius 3 is 2.77 bits per heavy atom. The zero-order valence-corrected chi connectivity index (χ0v) is 17.0. The summed E-state index contributed by atoms with van der Waals surface area (Å²) in [5, 5.41) is 22.0. The molecule has 0 amide bonds.